The van der Waals surface area contributed by atoms with Gasteiger partial charge >= 0.3 is 0 Å². The molecule has 16 heavy (non-hydrogen) atoms. The van der Waals surface area contributed by atoms with Crippen molar-refractivity contribution in [2.24, 2.45) is 0 Å². The topological polar surface area (TPSA) is 17.8 Å². The van der Waals surface area contributed by atoms with Gasteiger partial charge in [0.1, 0.15) is 0 Å². The Balaban J connectivity index is 3.08. The molecule has 0 aliphatic heterocycles. The third-order valence-electron chi connectivity index (χ3n) is 2.75. The third kappa shape index (κ3) is 2.76. The number of halogens is 2. The van der Waals surface area contributed by atoms with Crippen LogP contribution in [0.4, 0.5) is 4.39 Å². The molecule has 1 atom stereocenters. The van der Waals surface area contributed by atoms with Crippen LogP contribution in [0.2, 0.25) is 0 Å². The number of aromatic nitrogens is 2. The normalized spacial score (nSPS) is 13.1. The van der Waals surface area contributed by atoms with Gasteiger partial charge in [0.15, 0.2) is 0 Å². The van der Waals surface area contributed by atoms with E-state index in [1.165, 1.54) is 0 Å². The van der Waals surface area contributed by atoms with Crippen molar-refractivity contribution in [3.05, 3.63) is 17.0 Å². The molecule has 0 spiro atoms. The second kappa shape index (κ2) is 6.24. The van der Waals surface area contributed by atoms with E-state index in [2.05, 4.69) is 18.9 Å². The average Bonchev–Trinajstić information content (AvgIpc) is 2.63. The van der Waals surface area contributed by atoms with Crippen LogP contribution in [-0.4, -0.2) is 16.5 Å². The highest BCUT2D eigenvalue weighted by Gasteiger charge is 2.18. The lowest BCUT2D eigenvalue weighted by Crippen LogP contribution is -2.06. The standard InChI is InChI=1S/C12H20ClFN2/c1-4-10-12(9(3)13)11(5-2)16(15-10)8-6-7-14/h9H,4-8H2,1-3H3. The summed E-state index contributed by atoms with van der Waals surface area (Å²) in [5.41, 5.74) is 3.36. The summed E-state index contributed by atoms with van der Waals surface area (Å²) in [4.78, 5) is 0. The van der Waals surface area contributed by atoms with Crippen LogP contribution < -0.4 is 0 Å². The van der Waals surface area contributed by atoms with E-state index in [-0.39, 0.29) is 12.1 Å². The minimum atomic E-state index is -0.295. The summed E-state index contributed by atoms with van der Waals surface area (Å²) in [6.45, 7) is 6.48. The van der Waals surface area contributed by atoms with Gasteiger partial charge in [-0.05, 0) is 26.2 Å². The minimum absolute atomic E-state index is 0.0240. The fraction of sp³-hybridized carbons (Fsp3) is 0.750. The first-order valence-corrected chi connectivity index (χ1v) is 6.37. The molecule has 1 rings (SSSR count). The van der Waals surface area contributed by atoms with E-state index in [0.717, 1.165) is 29.8 Å². The molecule has 0 aromatic carbocycles. The van der Waals surface area contributed by atoms with Crippen LogP contribution in [0.5, 0.6) is 0 Å². The summed E-state index contributed by atoms with van der Waals surface area (Å²) in [7, 11) is 0. The van der Waals surface area contributed by atoms with Crippen LogP contribution in [0.1, 0.15) is 49.5 Å². The van der Waals surface area contributed by atoms with Gasteiger partial charge in [0, 0.05) is 17.8 Å². The number of rotatable bonds is 6. The Labute approximate surface area is 102 Å². The van der Waals surface area contributed by atoms with Crippen molar-refractivity contribution >= 4 is 11.6 Å². The van der Waals surface area contributed by atoms with Crippen molar-refractivity contribution in [2.45, 2.75) is 52.0 Å². The molecule has 92 valence electrons. The van der Waals surface area contributed by atoms with Gasteiger partial charge in [0.25, 0.3) is 0 Å². The second-order valence-electron chi connectivity index (χ2n) is 3.90. The zero-order valence-corrected chi connectivity index (χ0v) is 11.0. The van der Waals surface area contributed by atoms with Gasteiger partial charge in [0.05, 0.1) is 17.7 Å². The Kier molecular flexibility index (Phi) is 5.26. The SMILES string of the molecule is CCc1nn(CCCF)c(CC)c1C(C)Cl. The molecule has 0 bridgehead atoms. The molecule has 1 aromatic heterocycles. The average molecular weight is 247 g/mol. The molecule has 0 amide bonds. The fourth-order valence-electron chi connectivity index (χ4n) is 2.05. The molecule has 0 aliphatic carbocycles. The van der Waals surface area contributed by atoms with E-state index in [1.54, 1.807) is 0 Å². The van der Waals surface area contributed by atoms with Crippen molar-refractivity contribution in [3.63, 3.8) is 0 Å². The van der Waals surface area contributed by atoms with E-state index >= 15 is 0 Å². The molecule has 4 heteroatoms. The van der Waals surface area contributed by atoms with Crippen LogP contribution in [0.25, 0.3) is 0 Å². The first-order valence-electron chi connectivity index (χ1n) is 5.94. The molecule has 0 fully saturated rings. The molecule has 0 saturated carbocycles. The van der Waals surface area contributed by atoms with E-state index in [4.69, 9.17) is 11.6 Å². The maximum absolute atomic E-state index is 12.2. The van der Waals surface area contributed by atoms with Crippen molar-refractivity contribution in [1.82, 2.24) is 9.78 Å². The van der Waals surface area contributed by atoms with Crippen molar-refractivity contribution < 1.29 is 4.39 Å². The molecule has 1 heterocycles. The quantitative estimate of drug-likeness (QED) is 0.701. The summed E-state index contributed by atoms with van der Waals surface area (Å²) in [5, 5.41) is 4.50. The Bertz CT molecular complexity index is 334. The molecule has 0 N–H and O–H groups in total. The van der Waals surface area contributed by atoms with Crippen LogP contribution in [0.15, 0.2) is 0 Å². The van der Waals surface area contributed by atoms with Crippen molar-refractivity contribution in [2.75, 3.05) is 6.67 Å². The van der Waals surface area contributed by atoms with Gasteiger partial charge in [-0.2, -0.15) is 5.10 Å². The van der Waals surface area contributed by atoms with Crippen LogP contribution in [0.3, 0.4) is 0 Å². The lowest BCUT2D eigenvalue weighted by atomic mass is 10.1. The Morgan fingerprint density at radius 2 is 2.06 bits per heavy atom. The predicted octanol–water partition coefficient (Wildman–Crippen LogP) is 3.67. The van der Waals surface area contributed by atoms with E-state index in [1.807, 2.05) is 11.6 Å². The number of aryl methyl sites for hydroxylation is 2. The van der Waals surface area contributed by atoms with Crippen molar-refractivity contribution in [3.8, 4) is 0 Å². The zero-order chi connectivity index (χ0) is 12.1. The van der Waals surface area contributed by atoms with Gasteiger partial charge in [-0.15, -0.1) is 11.6 Å². The van der Waals surface area contributed by atoms with Crippen LogP contribution >= 0.6 is 11.6 Å². The highest BCUT2D eigenvalue weighted by Crippen LogP contribution is 2.28. The summed E-state index contributed by atoms with van der Waals surface area (Å²) in [5.74, 6) is 0. The molecule has 0 radical (unpaired) electrons. The molecule has 0 aliphatic rings. The molecule has 0 saturated heterocycles. The summed E-state index contributed by atoms with van der Waals surface area (Å²) >= 11 is 6.19. The molecule has 1 aromatic rings. The Hall–Kier alpha value is -0.570. The number of nitrogens with zero attached hydrogens (tertiary/aromatic N) is 2. The summed E-state index contributed by atoms with van der Waals surface area (Å²) < 4.78 is 14.1. The van der Waals surface area contributed by atoms with Gasteiger partial charge in [0.2, 0.25) is 0 Å². The second-order valence-corrected chi connectivity index (χ2v) is 4.55. The first-order chi connectivity index (χ1) is 7.65. The van der Waals surface area contributed by atoms with Crippen molar-refractivity contribution in [1.29, 1.82) is 0 Å². The highest BCUT2D eigenvalue weighted by molar-refractivity contribution is 6.20. The molecular weight excluding hydrogens is 227 g/mol. The van der Waals surface area contributed by atoms with E-state index in [9.17, 15) is 4.39 Å². The molecular formula is C12H20ClFN2. The van der Waals surface area contributed by atoms with E-state index < -0.39 is 0 Å². The van der Waals surface area contributed by atoms with Gasteiger partial charge in [-0.25, -0.2) is 0 Å². The maximum atomic E-state index is 12.2. The number of hydrogen-bond donors (Lipinski definition) is 0. The maximum Gasteiger partial charge on any atom is 0.0912 e. The number of alkyl halides is 2. The highest BCUT2D eigenvalue weighted by atomic mass is 35.5. The Morgan fingerprint density at radius 1 is 1.38 bits per heavy atom. The third-order valence-corrected chi connectivity index (χ3v) is 2.96. The van der Waals surface area contributed by atoms with E-state index in [0.29, 0.717) is 13.0 Å². The van der Waals surface area contributed by atoms with Gasteiger partial charge < -0.3 is 0 Å². The zero-order valence-electron chi connectivity index (χ0n) is 10.3. The smallest absolute Gasteiger partial charge is 0.0912 e. The Morgan fingerprint density at radius 3 is 2.50 bits per heavy atom. The number of hydrogen-bond acceptors (Lipinski definition) is 1. The van der Waals surface area contributed by atoms with Gasteiger partial charge in [-0.1, -0.05) is 13.8 Å². The molecule has 2 nitrogen and oxygen atoms in total. The molecule has 1 unspecified atom stereocenters. The van der Waals surface area contributed by atoms with Crippen LogP contribution in [0, 0.1) is 0 Å². The first kappa shape index (κ1) is 13.5. The van der Waals surface area contributed by atoms with Crippen LogP contribution in [-0.2, 0) is 19.4 Å². The predicted molar refractivity (Wildman–Crippen MR) is 65.8 cm³/mol. The minimum Gasteiger partial charge on any atom is -0.269 e. The lowest BCUT2D eigenvalue weighted by Gasteiger charge is -2.08. The lowest BCUT2D eigenvalue weighted by molar-refractivity contribution is 0.429. The monoisotopic (exact) mass is 246 g/mol. The van der Waals surface area contributed by atoms with Gasteiger partial charge in [-0.3, -0.25) is 9.07 Å². The summed E-state index contributed by atoms with van der Waals surface area (Å²) in [6, 6.07) is 0. The largest absolute Gasteiger partial charge is 0.269 e. The fourth-order valence-corrected chi connectivity index (χ4v) is 2.31. The summed E-state index contributed by atoms with van der Waals surface area (Å²) in [6.07, 6.45) is 2.29.